The molecule has 3 rings (SSSR count). The quantitative estimate of drug-likeness (QED) is 0.693. The number of anilines is 1. The van der Waals surface area contributed by atoms with Crippen LogP contribution in [0, 0.1) is 0 Å². The molecule has 140 valence electrons. The monoisotopic (exact) mass is 378 g/mol. The predicted molar refractivity (Wildman–Crippen MR) is 87.7 cm³/mol. The standard InChI is InChI=1S/C16H13F3N6O2/c1-24(11-5-3-4-8-20-11)15(26)10-9-21-25(14(10)16(17,18)19)12-6-7-13(27-2)23-22-12/h3-9H,1-2H3. The van der Waals surface area contributed by atoms with E-state index in [1.54, 1.807) is 12.1 Å². The van der Waals surface area contributed by atoms with Gasteiger partial charge in [0.1, 0.15) is 5.82 Å². The summed E-state index contributed by atoms with van der Waals surface area (Å²) in [6, 6.07) is 7.34. The zero-order chi connectivity index (χ0) is 19.6. The number of pyridine rings is 1. The van der Waals surface area contributed by atoms with E-state index in [0.717, 1.165) is 11.1 Å². The Kier molecular flexibility index (Phi) is 4.75. The van der Waals surface area contributed by atoms with Gasteiger partial charge >= 0.3 is 6.18 Å². The average molecular weight is 378 g/mol. The van der Waals surface area contributed by atoms with Crippen LogP contribution < -0.4 is 9.64 Å². The molecule has 0 aliphatic rings. The van der Waals surface area contributed by atoms with Gasteiger partial charge in [-0.2, -0.15) is 18.3 Å². The summed E-state index contributed by atoms with van der Waals surface area (Å²) in [7, 11) is 2.68. The summed E-state index contributed by atoms with van der Waals surface area (Å²) in [5.74, 6) is -0.783. The zero-order valence-corrected chi connectivity index (χ0v) is 14.2. The summed E-state index contributed by atoms with van der Waals surface area (Å²) in [6.45, 7) is 0. The summed E-state index contributed by atoms with van der Waals surface area (Å²) < 4.78 is 46.4. The SMILES string of the molecule is COc1ccc(-n2ncc(C(=O)N(C)c3ccccn3)c2C(F)(F)F)nn1. The molecule has 0 unspecified atom stereocenters. The van der Waals surface area contributed by atoms with E-state index in [2.05, 4.69) is 20.3 Å². The highest BCUT2D eigenvalue weighted by molar-refractivity contribution is 6.06. The normalized spacial score (nSPS) is 11.3. The summed E-state index contributed by atoms with van der Waals surface area (Å²) in [5, 5.41) is 11.0. The van der Waals surface area contributed by atoms with Crippen LogP contribution in [0.2, 0.25) is 0 Å². The molecule has 3 aromatic rings. The molecule has 0 radical (unpaired) electrons. The van der Waals surface area contributed by atoms with Crippen molar-refractivity contribution < 1.29 is 22.7 Å². The van der Waals surface area contributed by atoms with Crippen LogP contribution in [0.1, 0.15) is 16.1 Å². The Morgan fingerprint density at radius 1 is 1.19 bits per heavy atom. The highest BCUT2D eigenvalue weighted by Gasteiger charge is 2.41. The fourth-order valence-corrected chi connectivity index (χ4v) is 2.32. The number of nitrogens with zero attached hydrogens (tertiary/aromatic N) is 6. The molecule has 11 heteroatoms. The molecular weight excluding hydrogens is 365 g/mol. The van der Waals surface area contributed by atoms with Crippen molar-refractivity contribution in [3.63, 3.8) is 0 Å². The van der Waals surface area contributed by atoms with Crippen molar-refractivity contribution in [2.75, 3.05) is 19.1 Å². The van der Waals surface area contributed by atoms with Gasteiger partial charge < -0.3 is 4.74 Å². The molecule has 27 heavy (non-hydrogen) atoms. The van der Waals surface area contributed by atoms with Gasteiger partial charge in [-0.25, -0.2) is 9.67 Å². The maximum absolute atomic E-state index is 13.7. The minimum absolute atomic E-state index is 0.130. The van der Waals surface area contributed by atoms with Gasteiger partial charge in [0, 0.05) is 19.3 Å². The van der Waals surface area contributed by atoms with E-state index < -0.39 is 23.3 Å². The number of methoxy groups -OCH3 is 1. The molecule has 0 spiro atoms. The van der Waals surface area contributed by atoms with Gasteiger partial charge in [0.25, 0.3) is 5.91 Å². The van der Waals surface area contributed by atoms with Crippen LogP contribution in [0.15, 0.2) is 42.7 Å². The number of carbonyl (C=O) groups is 1. The third kappa shape index (κ3) is 3.57. The molecule has 0 aliphatic carbocycles. The fourth-order valence-electron chi connectivity index (χ4n) is 2.32. The largest absolute Gasteiger partial charge is 0.480 e. The average Bonchev–Trinajstić information content (AvgIpc) is 3.13. The molecule has 3 aromatic heterocycles. The van der Waals surface area contributed by atoms with Crippen molar-refractivity contribution in [2.45, 2.75) is 6.18 Å². The Hall–Kier alpha value is -3.50. The van der Waals surface area contributed by atoms with Gasteiger partial charge in [-0.1, -0.05) is 6.07 Å². The van der Waals surface area contributed by atoms with Crippen LogP contribution in [0.5, 0.6) is 5.88 Å². The van der Waals surface area contributed by atoms with Crippen LogP contribution in [-0.2, 0) is 6.18 Å². The van der Waals surface area contributed by atoms with Gasteiger partial charge in [-0.05, 0) is 18.2 Å². The lowest BCUT2D eigenvalue weighted by atomic mass is 10.2. The molecule has 1 amide bonds. The van der Waals surface area contributed by atoms with Crippen molar-refractivity contribution >= 4 is 11.7 Å². The first-order valence-corrected chi connectivity index (χ1v) is 7.55. The maximum atomic E-state index is 13.7. The molecule has 0 aliphatic heterocycles. The Morgan fingerprint density at radius 3 is 2.52 bits per heavy atom. The highest BCUT2D eigenvalue weighted by atomic mass is 19.4. The molecular formula is C16H13F3N6O2. The smallest absolute Gasteiger partial charge is 0.434 e. The Labute approximate surface area is 151 Å². The third-order valence-electron chi connectivity index (χ3n) is 3.62. The van der Waals surface area contributed by atoms with E-state index in [4.69, 9.17) is 4.74 Å². The molecule has 8 nitrogen and oxygen atoms in total. The number of alkyl halides is 3. The van der Waals surface area contributed by atoms with Crippen molar-refractivity contribution in [2.24, 2.45) is 0 Å². The van der Waals surface area contributed by atoms with E-state index in [1.165, 1.54) is 38.6 Å². The van der Waals surface area contributed by atoms with Crippen LogP contribution in [0.3, 0.4) is 0 Å². The van der Waals surface area contributed by atoms with Gasteiger partial charge in [0.15, 0.2) is 11.5 Å². The van der Waals surface area contributed by atoms with Crippen LogP contribution in [0.25, 0.3) is 5.82 Å². The minimum Gasteiger partial charge on any atom is -0.480 e. The van der Waals surface area contributed by atoms with E-state index in [1.807, 2.05) is 0 Å². The minimum atomic E-state index is -4.85. The second-order valence-electron chi connectivity index (χ2n) is 5.30. The van der Waals surface area contributed by atoms with Crippen LogP contribution in [-0.4, -0.2) is 45.0 Å². The number of hydrogen-bond donors (Lipinski definition) is 0. The van der Waals surface area contributed by atoms with Crippen molar-refractivity contribution in [1.29, 1.82) is 0 Å². The first-order chi connectivity index (χ1) is 12.8. The van der Waals surface area contributed by atoms with E-state index in [9.17, 15) is 18.0 Å². The lowest BCUT2D eigenvalue weighted by Crippen LogP contribution is -2.29. The second kappa shape index (κ2) is 7.02. The lowest BCUT2D eigenvalue weighted by molar-refractivity contribution is -0.143. The van der Waals surface area contributed by atoms with Crippen molar-refractivity contribution in [3.05, 3.63) is 54.0 Å². The number of hydrogen-bond acceptors (Lipinski definition) is 6. The van der Waals surface area contributed by atoms with Crippen LogP contribution in [0.4, 0.5) is 19.0 Å². The van der Waals surface area contributed by atoms with Crippen LogP contribution >= 0.6 is 0 Å². The number of aromatic nitrogens is 5. The molecule has 0 saturated heterocycles. The first-order valence-electron chi connectivity index (χ1n) is 7.55. The molecule has 0 fully saturated rings. The first kappa shape index (κ1) is 18.3. The molecule has 3 heterocycles. The number of amides is 1. The van der Waals surface area contributed by atoms with Crippen molar-refractivity contribution in [1.82, 2.24) is 25.0 Å². The van der Waals surface area contributed by atoms with E-state index >= 15 is 0 Å². The maximum Gasteiger partial charge on any atom is 0.434 e. The Morgan fingerprint density at radius 2 is 1.96 bits per heavy atom. The molecule has 0 N–H and O–H groups in total. The third-order valence-corrected chi connectivity index (χ3v) is 3.62. The number of ether oxygens (including phenoxy) is 1. The second-order valence-corrected chi connectivity index (χ2v) is 5.30. The highest BCUT2D eigenvalue weighted by Crippen LogP contribution is 2.34. The topological polar surface area (TPSA) is 86.0 Å². The van der Waals surface area contributed by atoms with Gasteiger partial charge in [0.05, 0.1) is 18.9 Å². The van der Waals surface area contributed by atoms with Gasteiger partial charge in [0.2, 0.25) is 5.88 Å². The van der Waals surface area contributed by atoms with Crippen molar-refractivity contribution in [3.8, 4) is 11.7 Å². The lowest BCUT2D eigenvalue weighted by Gasteiger charge is -2.17. The molecule has 0 bridgehead atoms. The molecule has 0 saturated carbocycles. The summed E-state index contributed by atoms with van der Waals surface area (Å²) >= 11 is 0. The Balaban J connectivity index is 2.06. The number of halogens is 3. The number of carbonyl (C=O) groups excluding carboxylic acids is 1. The van der Waals surface area contributed by atoms with Gasteiger partial charge in [-0.3, -0.25) is 9.69 Å². The van der Waals surface area contributed by atoms with Gasteiger partial charge in [-0.15, -0.1) is 10.2 Å². The zero-order valence-electron chi connectivity index (χ0n) is 14.2. The predicted octanol–water partition coefficient (Wildman–Crippen LogP) is 2.36. The molecule has 0 aromatic carbocycles. The Bertz CT molecular complexity index is 941. The summed E-state index contributed by atoms with van der Waals surface area (Å²) in [6.07, 6.45) is -2.58. The molecule has 0 atom stereocenters. The van der Waals surface area contributed by atoms with E-state index in [-0.39, 0.29) is 17.5 Å². The fraction of sp³-hybridized carbons (Fsp3) is 0.188. The number of rotatable bonds is 4. The summed E-state index contributed by atoms with van der Waals surface area (Å²) in [5.41, 5.74) is -1.89. The summed E-state index contributed by atoms with van der Waals surface area (Å²) in [4.78, 5) is 17.6. The van der Waals surface area contributed by atoms with E-state index in [0.29, 0.717) is 4.68 Å².